The van der Waals surface area contributed by atoms with Gasteiger partial charge < -0.3 is 19.5 Å². The average molecular weight is 343 g/mol. The predicted octanol–water partition coefficient (Wildman–Crippen LogP) is 4.13. The van der Waals surface area contributed by atoms with E-state index in [4.69, 9.17) is 14.2 Å². The summed E-state index contributed by atoms with van der Waals surface area (Å²) < 4.78 is 30.5. The maximum atomic E-state index is 13.5. The number of ether oxygens (including phenoxy) is 3. The van der Waals surface area contributed by atoms with Crippen LogP contribution in [0, 0.1) is 5.82 Å². The van der Waals surface area contributed by atoms with Gasteiger partial charge in [-0.1, -0.05) is 0 Å². The molecule has 130 valence electrons. The van der Waals surface area contributed by atoms with Gasteiger partial charge in [-0.2, -0.15) is 0 Å². The minimum Gasteiger partial charge on any atom is -0.496 e. The van der Waals surface area contributed by atoms with Crippen LogP contribution in [0.25, 0.3) is 0 Å². The van der Waals surface area contributed by atoms with E-state index in [1.165, 1.54) is 19.2 Å². The summed E-state index contributed by atoms with van der Waals surface area (Å²) in [5.41, 5.74) is 0.682. The summed E-state index contributed by atoms with van der Waals surface area (Å²) in [7, 11) is 1.44. The van der Waals surface area contributed by atoms with Crippen LogP contribution in [0.3, 0.4) is 0 Å². The molecule has 6 heteroatoms. The number of benzene rings is 2. The average Bonchev–Trinajstić information content (AvgIpc) is 3.20. The molecule has 1 fully saturated rings. The number of rotatable bonds is 3. The van der Waals surface area contributed by atoms with Crippen LogP contribution in [0.15, 0.2) is 36.4 Å². The Morgan fingerprint density at radius 2 is 1.88 bits per heavy atom. The fourth-order valence-corrected chi connectivity index (χ4v) is 3.35. The van der Waals surface area contributed by atoms with E-state index in [2.05, 4.69) is 5.32 Å². The molecule has 25 heavy (non-hydrogen) atoms. The molecule has 1 aliphatic heterocycles. The molecule has 1 spiro atoms. The maximum Gasteiger partial charge on any atom is 0.259 e. The lowest BCUT2D eigenvalue weighted by atomic mass is 10.1. The van der Waals surface area contributed by atoms with Crippen LogP contribution in [-0.4, -0.2) is 18.8 Å². The van der Waals surface area contributed by atoms with Crippen molar-refractivity contribution in [3.63, 3.8) is 0 Å². The van der Waals surface area contributed by atoms with Gasteiger partial charge in [0.05, 0.1) is 12.7 Å². The fraction of sp³-hybridized carbons (Fsp3) is 0.316. The van der Waals surface area contributed by atoms with Gasteiger partial charge in [0, 0.05) is 24.6 Å². The molecule has 0 radical (unpaired) electrons. The van der Waals surface area contributed by atoms with Crippen molar-refractivity contribution in [2.45, 2.75) is 31.5 Å². The van der Waals surface area contributed by atoms with Crippen LogP contribution in [0.4, 0.5) is 10.1 Å². The molecule has 1 amide bonds. The van der Waals surface area contributed by atoms with Crippen molar-refractivity contribution in [2.24, 2.45) is 0 Å². The molecule has 2 aromatic rings. The Labute approximate surface area is 144 Å². The molecule has 2 aromatic carbocycles. The molecule has 0 saturated heterocycles. The monoisotopic (exact) mass is 343 g/mol. The van der Waals surface area contributed by atoms with Crippen molar-refractivity contribution in [3.8, 4) is 17.2 Å². The van der Waals surface area contributed by atoms with Crippen LogP contribution in [-0.2, 0) is 0 Å². The normalized spacial score (nSPS) is 16.9. The van der Waals surface area contributed by atoms with Gasteiger partial charge in [0.25, 0.3) is 11.7 Å². The van der Waals surface area contributed by atoms with Gasteiger partial charge in [-0.3, -0.25) is 4.79 Å². The number of hydrogen-bond donors (Lipinski definition) is 1. The minimum atomic E-state index is -0.545. The summed E-state index contributed by atoms with van der Waals surface area (Å²) in [6, 6.07) is 9.06. The number of amides is 1. The van der Waals surface area contributed by atoms with Crippen molar-refractivity contribution in [2.75, 3.05) is 12.4 Å². The molecule has 4 rings (SSSR count). The summed E-state index contributed by atoms with van der Waals surface area (Å²) in [5.74, 6) is 0.112. The van der Waals surface area contributed by atoms with E-state index in [0.29, 0.717) is 22.9 Å². The molecule has 0 unspecified atom stereocenters. The Hall–Kier alpha value is -2.76. The second-order valence-corrected chi connectivity index (χ2v) is 6.28. The van der Waals surface area contributed by atoms with Gasteiger partial charge in [-0.15, -0.1) is 0 Å². The molecule has 5 nitrogen and oxygen atoms in total. The van der Waals surface area contributed by atoms with Crippen molar-refractivity contribution in [1.29, 1.82) is 0 Å². The fourth-order valence-electron chi connectivity index (χ4n) is 3.35. The minimum absolute atomic E-state index is 0.132. The first-order valence-electron chi connectivity index (χ1n) is 8.26. The lowest BCUT2D eigenvalue weighted by molar-refractivity contribution is -0.0716. The topological polar surface area (TPSA) is 56.8 Å². The van der Waals surface area contributed by atoms with Gasteiger partial charge in [-0.25, -0.2) is 4.39 Å². The Morgan fingerprint density at radius 3 is 2.64 bits per heavy atom. The van der Waals surface area contributed by atoms with E-state index in [0.717, 1.165) is 31.7 Å². The van der Waals surface area contributed by atoms with Crippen LogP contribution in [0.5, 0.6) is 17.2 Å². The van der Waals surface area contributed by atoms with Crippen LogP contribution in [0.2, 0.25) is 0 Å². The summed E-state index contributed by atoms with van der Waals surface area (Å²) in [5, 5.41) is 2.75. The van der Waals surface area contributed by atoms with E-state index < -0.39 is 17.5 Å². The van der Waals surface area contributed by atoms with Gasteiger partial charge in [0.2, 0.25) is 0 Å². The zero-order valence-electron chi connectivity index (χ0n) is 13.8. The first-order valence-corrected chi connectivity index (χ1v) is 8.26. The summed E-state index contributed by atoms with van der Waals surface area (Å²) in [6.07, 6.45) is 3.89. The van der Waals surface area contributed by atoms with Crippen molar-refractivity contribution >= 4 is 11.6 Å². The van der Waals surface area contributed by atoms with Crippen LogP contribution < -0.4 is 19.5 Å². The number of fused-ring (bicyclic) bond motifs is 1. The highest BCUT2D eigenvalue weighted by atomic mass is 19.1. The van der Waals surface area contributed by atoms with E-state index in [1.54, 1.807) is 18.2 Å². The number of methoxy groups -OCH3 is 1. The highest BCUT2D eigenvalue weighted by molar-refractivity contribution is 6.06. The summed E-state index contributed by atoms with van der Waals surface area (Å²) in [4.78, 5) is 12.5. The maximum absolute atomic E-state index is 13.5. The van der Waals surface area contributed by atoms with Crippen LogP contribution >= 0.6 is 0 Å². The van der Waals surface area contributed by atoms with Crippen molar-refractivity contribution in [1.82, 2.24) is 0 Å². The van der Waals surface area contributed by atoms with Crippen molar-refractivity contribution < 1.29 is 23.4 Å². The Morgan fingerprint density at radius 1 is 1.12 bits per heavy atom. The number of halogens is 1. The first-order chi connectivity index (χ1) is 12.1. The zero-order valence-corrected chi connectivity index (χ0v) is 13.8. The molecular weight excluding hydrogens is 325 g/mol. The molecule has 1 heterocycles. The van der Waals surface area contributed by atoms with E-state index in [1.807, 2.05) is 0 Å². The standard InChI is InChI=1S/C19H18FNO4/c1-23-15-6-4-12(20)10-14(15)18(22)21-13-5-7-16-17(11-13)25-19(24-16)8-2-3-9-19/h4-7,10-11H,2-3,8-9H2,1H3,(H,21,22). The quantitative estimate of drug-likeness (QED) is 0.910. The lowest BCUT2D eigenvalue weighted by Gasteiger charge is -2.21. The lowest BCUT2D eigenvalue weighted by Crippen LogP contribution is -2.34. The smallest absolute Gasteiger partial charge is 0.259 e. The third kappa shape index (κ3) is 2.88. The molecule has 1 aliphatic carbocycles. The SMILES string of the molecule is COc1ccc(F)cc1C(=O)Nc1ccc2c(c1)OC1(CCCC1)O2. The third-order valence-electron chi connectivity index (χ3n) is 4.57. The van der Waals surface area contributed by atoms with Gasteiger partial charge in [0.1, 0.15) is 11.6 Å². The molecule has 2 aliphatic rings. The molecule has 0 aromatic heterocycles. The number of hydrogen-bond acceptors (Lipinski definition) is 4. The van der Waals surface area contributed by atoms with Crippen molar-refractivity contribution in [3.05, 3.63) is 47.8 Å². The largest absolute Gasteiger partial charge is 0.496 e. The van der Waals surface area contributed by atoms with E-state index in [-0.39, 0.29) is 5.56 Å². The number of carbonyl (C=O) groups is 1. The summed E-state index contributed by atoms with van der Waals surface area (Å²) in [6.45, 7) is 0. The van der Waals surface area contributed by atoms with Gasteiger partial charge >= 0.3 is 0 Å². The predicted molar refractivity (Wildman–Crippen MR) is 89.8 cm³/mol. The first kappa shape index (κ1) is 15.7. The third-order valence-corrected chi connectivity index (χ3v) is 4.57. The Balaban J connectivity index is 1.55. The molecule has 1 N–H and O–H groups in total. The molecule has 1 saturated carbocycles. The molecule has 0 bridgehead atoms. The highest BCUT2D eigenvalue weighted by Crippen LogP contribution is 2.47. The number of carbonyl (C=O) groups excluding carboxylic acids is 1. The number of nitrogens with one attached hydrogen (secondary N) is 1. The zero-order chi connectivity index (χ0) is 17.4. The summed E-state index contributed by atoms with van der Waals surface area (Å²) >= 11 is 0. The second kappa shape index (κ2) is 5.95. The number of anilines is 1. The van der Waals surface area contributed by atoms with E-state index in [9.17, 15) is 9.18 Å². The van der Waals surface area contributed by atoms with E-state index >= 15 is 0 Å². The molecular formula is C19H18FNO4. The Bertz CT molecular complexity index is 830. The second-order valence-electron chi connectivity index (χ2n) is 6.28. The van der Waals surface area contributed by atoms with Gasteiger partial charge in [0.15, 0.2) is 11.5 Å². The molecule has 0 atom stereocenters. The van der Waals surface area contributed by atoms with Crippen LogP contribution in [0.1, 0.15) is 36.0 Å². The highest BCUT2D eigenvalue weighted by Gasteiger charge is 2.44. The Kier molecular flexibility index (Phi) is 3.75. The van der Waals surface area contributed by atoms with Gasteiger partial charge in [-0.05, 0) is 43.2 Å².